The maximum Gasteiger partial charge on any atom is 0.323 e. The van der Waals surface area contributed by atoms with Crippen molar-refractivity contribution in [1.82, 2.24) is 10.2 Å². The smallest absolute Gasteiger partial charge is 0.323 e. The van der Waals surface area contributed by atoms with Crippen molar-refractivity contribution in [3.63, 3.8) is 0 Å². The van der Waals surface area contributed by atoms with Crippen LogP contribution in [0.2, 0.25) is 0 Å². The molecule has 2 amide bonds. The fourth-order valence-electron chi connectivity index (χ4n) is 1.70. The van der Waals surface area contributed by atoms with E-state index in [0.29, 0.717) is 18.5 Å². The number of carboxylic acids is 1. The van der Waals surface area contributed by atoms with Gasteiger partial charge in [0.15, 0.2) is 0 Å². The standard InChI is InChI=1S/C14H17BrN2O4/c1-2-7-17(9-13(19)20)12(18)8-16-14(21)10-3-5-11(15)6-4-10/h3-6H,2,7-9H2,1H3,(H,16,21)(H,19,20). The van der Waals surface area contributed by atoms with Crippen LogP contribution in [-0.2, 0) is 9.59 Å². The van der Waals surface area contributed by atoms with Gasteiger partial charge in [0.1, 0.15) is 6.54 Å². The molecule has 1 aromatic rings. The molecular formula is C14H17BrN2O4. The molecule has 1 rings (SSSR count). The number of amides is 2. The number of hydrogen-bond donors (Lipinski definition) is 2. The Balaban J connectivity index is 2.55. The van der Waals surface area contributed by atoms with Crippen molar-refractivity contribution in [2.24, 2.45) is 0 Å². The van der Waals surface area contributed by atoms with Crippen LogP contribution in [0.4, 0.5) is 0 Å². The number of rotatable bonds is 7. The Morgan fingerprint density at radius 3 is 2.38 bits per heavy atom. The number of carbonyl (C=O) groups excluding carboxylic acids is 2. The van der Waals surface area contributed by atoms with Crippen LogP contribution in [0.5, 0.6) is 0 Å². The molecule has 0 unspecified atom stereocenters. The van der Waals surface area contributed by atoms with Gasteiger partial charge in [0.05, 0.1) is 6.54 Å². The van der Waals surface area contributed by atoms with Gasteiger partial charge in [-0.1, -0.05) is 22.9 Å². The Labute approximate surface area is 131 Å². The molecule has 7 heteroatoms. The number of benzene rings is 1. The molecule has 1 aromatic carbocycles. The van der Waals surface area contributed by atoms with Gasteiger partial charge in [0.25, 0.3) is 5.91 Å². The molecule has 0 saturated carbocycles. The molecule has 0 spiro atoms. The summed E-state index contributed by atoms with van der Waals surface area (Å²) in [5.74, 6) is -1.86. The Bertz CT molecular complexity index is 516. The van der Waals surface area contributed by atoms with Crippen molar-refractivity contribution < 1.29 is 19.5 Å². The summed E-state index contributed by atoms with van der Waals surface area (Å²) in [6.07, 6.45) is 0.652. The van der Waals surface area contributed by atoms with Crippen molar-refractivity contribution >= 4 is 33.7 Å². The number of nitrogens with one attached hydrogen (secondary N) is 1. The molecule has 2 N–H and O–H groups in total. The van der Waals surface area contributed by atoms with Gasteiger partial charge in [-0.05, 0) is 30.7 Å². The highest BCUT2D eigenvalue weighted by molar-refractivity contribution is 9.10. The van der Waals surface area contributed by atoms with Gasteiger partial charge >= 0.3 is 5.97 Å². The fourth-order valence-corrected chi connectivity index (χ4v) is 1.96. The fraction of sp³-hybridized carbons (Fsp3) is 0.357. The molecule has 0 bridgehead atoms. The quantitative estimate of drug-likeness (QED) is 0.774. The molecule has 114 valence electrons. The van der Waals surface area contributed by atoms with Crippen LogP contribution < -0.4 is 5.32 Å². The third-order valence-electron chi connectivity index (χ3n) is 2.68. The maximum atomic E-state index is 11.9. The molecule has 0 radical (unpaired) electrons. The number of carbonyl (C=O) groups is 3. The first-order chi connectivity index (χ1) is 9.93. The Hall–Kier alpha value is -1.89. The first-order valence-corrected chi connectivity index (χ1v) is 7.26. The van der Waals surface area contributed by atoms with E-state index in [1.807, 2.05) is 6.92 Å². The number of carboxylic acid groups (broad SMARTS) is 1. The summed E-state index contributed by atoms with van der Waals surface area (Å²) in [5, 5.41) is 11.2. The van der Waals surface area contributed by atoms with Crippen molar-refractivity contribution in [3.05, 3.63) is 34.3 Å². The van der Waals surface area contributed by atoms with E-state index in [-0.39, 0.29) is 19.0 Å². The van der Waals surface area contributed by atoms with Crippen molar-refractivity contribution in [2.75, 3.05) is 19.6 Å². The second-order valence-corrected chi connectivity index (χ2v) is 5.31. The van der Waals surface area contributed by atoms with Crippen molar-refractivity contribution in [2.45, 2.75) is 13.3 Å². The Morgan fingerprint density at radius 1 is 1.24 bits per heavy atom. The lowest BCUT2D eigenvalue weighted by molar-refractivity contribution is -0.144. The van der Waals surface area contributed by atoms with E-state index < -0.39 is 11.9 Å². The number of nitrogens with zero attached hydrogens (tertiary/aromatic N) is 1. The van der Waals surface area contributed by atoms with Crippen molar-refractivity contribution in [3.8, 4) is 0 Å². The molecule has 0 saturated heterocycles. The van der Waals surface area contributed by atoms with Gasteiger partial charge in [-0.25, -0.2) is 0 Å². The molecule has 0 atom stereocenters. The van der Waals surface area contributed by atoms with Crippen LogP contribution in [0.25, 0.3) is 0 Å². The topological polar surface area (TPSA) is 86.7 Å². The highest BCUT2D eigenvalue weighted by atomic mass is 79.9. The van der Waals surface area contributed by atoms with Gasteiger partial charge in [0.2, 0.25) is 5.91 Å². The second kappa shape index (κ2) is 8.41. The Kier molecular flexibility index (Phi) is 6.87. The van der Waals surface area contributed by atoms with E-state index in [1.165, 1.54) is 4.90 Å². The van der Waals surface area contributed by atoms with Gasteiger partial charge in [-0.3, -0.25) is 14.4 Å². The van der Waals surface area contributed by atoms with Gasteiger partial charge in [-0.15, -0.1) is 0 Å². The van der Waals surface area contributed by atoms with E-state index in [4.69, 9.17) is 5.11 Å². The molecule has 6 nitrogen and oxygen atoms in total. The molecule has 0 aliphatic carbocycles. The minimum atomic E-state index is -1.07. The van der Waals surface area contributed by atoms with Crippen LogP contribution in [0.3, 0.4) is 0 Å². The summed E-state index contributed by atoms with van der Waals surface area (Å²) in [4.78, 5) is 35.7. The van der Waals surface area contributed by atoms with E-state index in [2.05, 4.69) is 21.2 Å². The molecule has 0 aliphatic rings. The first kappa shape index (κ1) is 17.2. The summed E-state index contributed by atoms with van der Waals surface area (Å²) in [6, 6.07) is 6.71. The lowest BCUT2D eigenvalue weighted by atomic mass is 10.2. The van der Waals surface area contributed by atoms with E-state index in [0.717, 1.165) is 4.47 Å². The normalized spacial score (nSPS) is 10.0. The molecular weight excluding hydrogens is 340 g/mol. The summed E-state index contributed by atoms with van der Waals surface area (Å²) in [5.41, 5.74) is 0.436. The minimum Gasteiger partial charge on any atom is -0.480 e. The summed E-state index contributed by atoms with van der Waals surface area (Å²) in [7, 11) is 0. The van der Waals surface area contributed by atoms with E-state index in [1.54, 1.807) is 24.3 Å². The molecule has 0 heterocycles. The average Bonchev–Trinajstić information content (AvgIpc) is 2.44. The van der Waals surface area contributed by atoms with E-state index >= 15 is 0 Å². The second-order valence-electron chi connectivity index (χ2n) is 4.40. The SMILES string of the molecule is CCCN(CC(=O)O)C(=O)CNC(=O)c1ccc(Br)cc1. The van der Waals surface area contributed by atoms with Crippen LogP contribution in [-0.4, -0.2) is 47.4 Å². The van der Waals surface area contributed by atoms with Crippen LogP contribution in [0, 0.1) is 0 Å². The Morgan fingerprint density at radius 2 is 1.86 bits per heavy atom. The summed E-state index contributed by atoms with van der Waals surface area (Å²) in [6.45, 7) is 1.62. The van der Waals surface area contributed by atoms with E-state index in [9.17, 15) is 14.4 Å². The maximum absolute atomic E-state index is 11.9. The third-order valence-corrected chi connectivity index (χ3v) is 3.21. The first-order valence-electron chi connectivity index (χ1n) is 6.47. The molecule has 0 fully saturated rings. The predicted molar refractivity (Wildman–Crippen MR) is 81.0 cm³/mol. The molecule has 0 aromatic heterocycles. The van der Waals surface area contributed by atoms with Gasteiger partial charge < -0.3 is 15.3 Å². The number of halogens is 1. The molecule has 0 aliphatic heterocycles. The zero-order valence-corrected chi connectivity index (χ0v) is 13.2. The lowest BCUT2D eigenvalue weighted by Gasteiger charge is -2.20. The largest absolute Gasteiger partial charge is 0.480 e. The highest BCUT2D eigenvalue weighted by Gasteiger charge is 2.16. The zero-order valence-electron chi connectivity index (χ0n) is 11.6. The third kappa shape index (κ3) is 5.95. The van der Waals surface area contributed by atoms with Gasteiger partial charge in [0, 0.05) is 16.6 Å². The highest BCUT2D eigenvalue weighted by Crippen LogP contribution is 2.10. The number of hydrogen-bond acceptors (Lipinski definition) is 3. The molecule has 21 heavy (non-hydrogen) atoms. The van der Waals surface area contributed by atoms with Crippen LogP contribution in [0.1, 0.15) is 23.7 Å². The minimum absolute atomic E-state index is 0.220. The summed E-state index contributed by atoms with van der Waals surface area (Å²) < 4.78 is 0.853. The van der Waals surface area contributed by atoms with Gasteiger partial charge in [-0.2, -0.15) is 0 Å². The monoisotopic (exact) mass is 356 g/mol. The number of aliphatic carboxylic acids is 1. The van der Waals surface area contributed by atoms with Crippen molar-refractivity contribution in [1.29, 1.82) is 0 Å². The van der Waals surface area contributed by atoms with Crippen LogP contribution in [0.15, 0.2) is 28.7 Å². The predicted octanol–water partition coefficient (Wildman–Crippen LogP) is 1.50. The average molecular weight is 357 g/mol. The lowest BCUT2D eigenvalue weighted by Crippen LogP contribution is -2.42. The summed E-state index contributed by atoms with van der Waals surface area (Å²) >= 11 is 3.27. The van der Waals surface area contributed by atoms with Crippen LogP contribution >= 0.6 is 15.9 Å². The zero-order chi connectivity index (χ0) is 15.8.